The average Bonchev–Trinajstić information content (AvgIpc) is 2.44. The first-order chi connectivity index (χ1) is 9.69. The molecular formula is C16H17BrFNO. The van der Waals surface area contributed by atoms with Gasteiger partial charge in [0.1, 0.15) is 11.6 Å². The van der Waals surface area contributed by atoms with Gasteiger partial charge in [-0.05, 0) is 64.3 Å². The Bertz CT molecular complexity index is 574. The van der Waals surface area contributed by atoms with Gasteiger partial charge in [0.25, 0.3) is 0 Å². The van der Waals surface area contributed by atoms with Gasteiger partial charge >= 0.3 is 0 Å². The molecular weight excluding hydrogens is 321 g/mol. The van der Waals surface area contributed by atoms with Crippen LogP contribution in [-0.4, -0.2) is 13.7 Å². The minimum Gasteiger partial charge on any atom is -0.496 e. The Kier molecular flexibility index (Phi) is 5.56. The fraction of sp³-hybridized carbons (Fsp3) is 0.250. The molecule has 0 aromatic heterocycles. The average molecular weight is 338 g/mol. The van der Waals surface area contributed by atoms with Crippen molar-refractivity contribution in [1.82, 2.24) is 5.32 Å². The molecule has 20 heavy (non-hydrogen) atoms. The zero-order chi connectivity index (χ0) is 14.4. The molecule has 2 rings (SSSR count). The van der Waals surface area contributed by atoms with E-state index in [4.69, 9.17) is 4.74 Å². The number of halogens is 2. The number of rotatable bonds is 6. The first-order valence-corrected chi connectivity index (χ1v) is 7.26. The predicted molar refractivity (Wildman–Crippen MR) is 82.5 cm³/mol. The Morgan fingerprint density at radius 1 is 1.15 bits per heavy atom. The maximum Gasteiger partial charge on any atom is 0.133 e. The van der Waals surface area contributed by atoms with Gasteiger partial charge in [-0.3, -0.25) is 0 Å². The first kappa shape index (κ1) is 15.0. The Balaban J connectivity index is 1.80. The summed E-state index contributed by atoms with van der Waals surface area (Å²) in [6, 6.07) is 12.7. The predicted octanol–water partition coefficient (Wildman–Crippen LogP) is 3.93. The van der Waals surface area contributed by atoms with Crippen LogP contribution in [0.2, 0.25) is 0 Å². The van der Waals surface area contributed by atoms with E-state index in [2.05, 4.69) is 21.2 Å². The van der Waals surface area contributed by atoms with Gasteiger partial charge in [-0.15, -0.1) is 0 Å². The second-order valence-electron chi connectivity index (χ2n) is 4.53. The molecule has 0 aliphatic heterocycles. The maximum atomic E-state index is 13.0. The summed E-state index contributed by atoms with van der Waals surface area (Å²) in [5.74, 6) is 0.648. The Hall–Kier alpha value is -1.39. The molecule has 0 atom stereocenters. The fourth-order valence-corrected chi connectivity index (χ4v) is 2.57. The van der Waals surface area contributed by atoms with E-state index in [1.165, 1.54) is 11.6 Å². The van der Waals surface area contributed by atoms with E-state index in [0.717, 1.165) is 35.3 Å². The molecule has 2 aromatic carbocycles. The highest BCUT2D eigenvalue weighted by molar-refractivity contribution is 9.10. The van der Waals surface area contributed by atoms with Crippen molar-refractivity contribution in [2.24, 2.45) is 0 Å². The van der Waals surface area contributed by atoms with Crippen LogP contribution in [0, 0.1) is 5.82 Å². The lowest BCUT2D eigenvalue weighted by Gasteiger charge is -2.08. The van der Waals surface area contributed by atoms with Crippen LogP contribution in [0.15, 0.2) is 46.9 Å². The number of ether oxygens (including phenoxy) is 1. The number of hydrogen-bond acceptors (Lipinski definition) is 2. The van der Waals surface area contributed by atoms with E-state index < -0.39 is 0 Å². The molecule has 0 amide bonds. The summed E-state index contributed by atoms with van der Waals surface area (Å²) in [4.78, 5) is 0. The number of methoxy groups -OCH3 is 1. The molecule has 0 fully saturated rings. The number of benzene rings is 2. The first-order valence-electron chi connectivity index (χ1n) is 6.46. The van der Waals surface area contributed by atoms with Gasteiger partial charge in [0.15, 0.2) is 0 Å². The van der Waals surface area contributed by atoms with E-state index >= 15 is 0 Å². The number of nitrogens with one attached hydrogen (secondary N) is 1. The molecule has 0 aliphatic carbocycles. The fourth-order valence-electron chi connectivity index (χ4n) is 1.98. The van der Waals surface area contributed by atoms with Gasteiger partial charge in [-0.1, -0.05) is 18.2 Å². The molecule has 0 unspecified atom stereocenters. The highest BCUT2D eigenvalue weighted by Crippen LogP contribution is 2.25. The minimum atomic E-state index is -0.179. The van der Waals surface area contributed by atoms with Crippen LogP contribution in [-0.2, 0) is 13.0 Å². The smallest absolute Gasteiger partial charge is 0.133 e. The van der Waals surface area contributed by atoms with Crippen molar-refractivity contribution in [1.29, 1.82) is 0 Å². The molecule has 0 aliphatic rings. The topological polar surface area (TPSA) is 21.3 Å². The SMILES string of the molecule is COc1ccc(CNCCc2cccc(F)c2)cc1Br. The van der Waals surface area contributed by atoms with Crippen molar-refractivity contribution in [2.75, 3.05) is 13.7 Å². The van der Waals surface area contributed by atoms with E-state index in [1.54, 1.807) is 19.2 Å². The summed E-state index contributed by atoms with van der Waals surface area (Å²) >= 11 is 3.47. The Morgan fingerprint density at radius 2 is 2.00 bits per heavy atom. The third-order valence-electron chi connectivity index (χ3n) is 3.02. The standard InChI is InChI=1S/C16H17BrFNO/c1-20-16-6-5-13(10-15(16)17)11-19-8-7-12-3-2-4-14(18)9-12/h2-6,9-10,19H,7-8,11H2,1H3. The second kappa shape index (κ2) is 7.41. The monoisotopic (exact) mass is 337 g/mol. The summed E-state index contributed by atoms with van der Waals surface area (Å²) in [6.45, 7) is 1.59. The highest BCUT2D eigenvalue weighted by atomic mass is 79.9. The van der Waals surface area contributed by atoms with Crippen molar-refractivity contribution in [2.45, 2.75) is 13.0 Å². The van der Waals surface area contributed by atoms with Gasteiger partial charge in [0.2, 0.25) is 0 Å². The van der Waals surface area contributed by atoms with Crippen LogP contribution >= 0.6 is 15.9 Å². The minimum absolute atomic E-state index is 0.179. The van der Waals surface area contributed by atoms with Crippen molar-refractivity contribution >= 4 is 15.9 Å². The third-order valence-corrected chi connectivity index (χ3v) is 3.64. The summed E-state index contributed by atoms with van der Waals surface area (Å²) < 4.78 is 19.2. The lowest BCUT2D eigenvalue weighted by Crippen LogP contribution is -2.16. The largest absolute Gasteiger partial charge is 0.496 e. The third kappa shape index (κ3) is 4.32. The maximum absolute atomic E-state index is 13.0. The van der Waals surface area contributed by atoms with E-state index in [9.17, 15) is 4.39 Å². The van der Waals surface area contributed by atoms with Crippen LogP contribution in [0.5, 0.6) is 5.75 Å². The van der Waals surface area contributed by atoms with Crippen LogP contribution in [0.3, 0.4) is 0 Å². The van der Waals surface area contributed by atoms with Crippen LogP contribution in [0.1, 0.15) is 11.1 Å². The normalized spacial score (nSPS) is 10.6. The van der Waals surface area contributed by atoms with Gasteiger partial charge < -0.3 is 10.1 Å². The molecule has 0 radical (unpaired) electrons. The van der Waals surface area contributed by atoms with Crippen LogP contribution < -0.4 is 10.1 Å². The molecule has 4 heteroatoms. The highest BCUT2D eigenvalue weighted by Gasteiger charge is 2.01. The second-order valence-corrected chi connectivity index (χ2v) is 5.38. The molecule has 2 aromatic rings. The van der Waals surface area contributed by atoms with Crippen LogP contribution in [0.4, 0.5) is 4.39 Å². The van der Waals surface area contributed by atoms with E-state index in [1.807, 2.05) is 24.3 Å². The quantitative estimate of drug-likeness (QED) is 0.806. The zero-order valence-corrected chi connectivity index (χ0v) is 12.9. The summed E-state index contributed by atoms with van der Waals surface area (Å²) in [5, 5.41) is 3.35. The lowest BCUT2D eigenvalue weighted by atomic mass is 10.1. The molecule has 0 heterocycles. The van der Waals surface area contributed by atoms with Gasteiger partial charge in [-0.25, -0.2) is 4.39 Å². The molecule has 0 saturated carbocycles. The van der Waals surface area contributed by atoms with Crippen molar-refractivity contribution in [3.8, 4) is 5.75 Å². The molecule has 2 nitrogen and oxygen atoms in total. The summed E-state index contributed by atoms with van der Waals surface area (Å²) in [7, 11) is 1.65. The van der Waals surface area contributed by atoms with Crippen molar-refractivity contribution < 1.29 is 9.13 Å². The van der Waals surface area contributed by atoms with Gasteiger partial charge in [0, 0.05) is 6.54 Å². The molecule has 0 bridgehead atoms. The molecule has 106 valence electrons. The van der Waals surface area contributed by atoms with Gasteiger partial charge in [0.05, 0.1) is 11.6 Å². The summed E-state index contributed by atoms with van der Waals surface area (Å²) in [6.07, 6.45) is 0.815. The van der Waals surface area contributed by atoms with E-state index in [-0.39, 0.29) is 5.82 Å². The van der Waals surface area contributed by atoms with Crippen molar-refractivity contribution in [3.05, 3.63) is 63.9 Å². The molecule has 0 spiro atoms. The Labute approximate surface area is 127 Å². The zero-order valence-electron chi connectivity index (χ0n) is 11.3. The Morgan fingerprint density at radius 3 is 2.70 bits per heavy atom. The van der Waals surface area contributed by atoms with Crippen molar-refractivity contribution in [3.63, 3.8) is 0 Å². The van der Waals surface area contributed by atoms with E-state index in [0.29, 0.717) is 0 Å². The van der Waals surface area contributed by atoms with Crippen LogP contribution in [0.25, 0.3) is 0 Å². The summed E-state index contributed by atoms with van der Waals surface area (Å²) in [5.41, 5.74) is 2.19. The lowest BCUT2D eigenvalue weighted by molar-refractivity contribution is 0.412. The molecule has 0 saturated heterocycles. The van der Waals surface area contributed by atoms with Gasteiger partial charge in [-0.2, -0.15) is 0 Å². The number of hydrogen-bond donors (Lipinski definition) is 1. The molecule has 1 N–H and O–H groups in total.